The van der Waals surface area contributed by atoms with Gasteiger partial charge in [-0.1, -0.05) is 6.07 Å². The molecule has 4 aromatic rings. The van der Waals surface area contributed by atoms with Crippen LogP contribution in [-0.4, -0.2) is 32.9 Å². The van der Waals surface area contributed by atoms with Crippen LogP contribution in [0.25, 0.3) is 22.2 Å². The number of rotatable bonds is 5. The highest BCUT2D eigenvalue weighted by molar-refractivity contribution is 5.96. The first-order chi connectivity index (χ1) is 17.4. The van der Waals surface area contributed by atoms with Crippen LogP contribution in [0, 0.1) is 29.9 Å². The van der Waals surface area contributed by atoms with Crippen molar-refractivity contribution in [2.45, 2.75) is 44.7 Å². The normalized spacial score (nSPS) is 17.5. The van der Waals surface area contributed by atoms with Crippen molar-refractivity contribution in [2.24, 2.45) is 0 Å². The van der Waals surface area contributed by atoms with E-state index in [0.717, 1.165) is 30.9 Å². The zero-order valence-corrected chi connectivity index (χ0v) is 19.6. The highest BCUT2D eigenvalue weighted by Crippen LogP contribution is 2.34. The number of carbonyl (C=O) groups excluding carboxylic acids is 1. The number of benzene rings is 1. The van der Waals surface area contributed by atoms with Gasteiger partial charge in [0.25, 0.3) is 5.91 Å². The Bertz CT molecular complexity index is 1480. The van der Waals surface area contributed by atoms with Crippen LogP contribution in [0.15, 0.2) is 48.8 Å². The number of hydrogen-bond acceptors (Lipinski definition) is 5. The first kappa shape index (κ1) is 23.4. The molecule has 1 aliphatic rings. The van der Waals surface area contributed by atoms with E-state index in [1.165, 1.54) is 6.07 Å². The summed E-state index contributed by atoms with van der Waals surface area (Å²) in [6.45, 7) is 1.78. The second kappa shape index (κ2) is 9.74. The van der Waals surface area contributed by atoms with Crippen molar-refractivity contribution in [1.29, 1.82) is 5.26 Å². The number of amides is 1. The fourth-order valence-electron chi connectivity index (χ4n) is 4.80. The number of anilines is 1. The number of nitrogens with zero attached hydrogens (tertiary/aromatic N) is 3. The molecule has 5 rings (SSSR count). The summed E-state index contributed by atoms with van der Waals surface area (Å²) < 4.78 is 29.4. The van der Waals surface area contributed by atoms with Crippen molar-refractivity contribution >= 4 is 22.6 Å². The van der Waals surface area contributed by atoms with Gasteiger partial charge in [-0.15, -0.1) is 0 Å². The number of carbonyl (C=O) groups is 1. The molecule has 182 valence electrons. The quantitative estimate of drug-likeness (QED) is 0.358. The van der Waals surface area contributed by atoms with E-state index >= 15 is 0 Å². The second-order valence-corrected chi connectivity index (χ2v) is 9.09. The summed E-state index contributed by atoms with van der Waals surface area (Å²) in [5.74, 6) is -1.27. The molecular weight excluding hydrogens is 462 g/mol. The van der Waals surface area contributed by atoms with E-state index in [4.69, 9.17) is 0 Å². The van der Waals surface area contributed by atoms with Gasteiger partial charge < -0.3 is 15.6 Å². The third-order valence-electron chi connectivity index (χ3n) is 6.48. The maximum Gasteiger partial charge on any atom is 0.270 e. The Morgan fingerprint density at radius 2 is 2.00 bits per heavy atom. The van der Waals surface area contributed by atoms with E-state index < -0.39 is 11.6 Å². The standard InChI is InChI=1S/C27H24F2N6O/c1-15-9-19-20(14-32-25(19)21(28)10-15)24-16(13-30)11-22(29)26(35-24)33-17-5-4-6-18(12-17)34-27(36)23-7-2-3-8-31-23/h2-3,7-11,14,17-18,32H,4-6,12H2,1H3,(H,33,35)(H,34,36)/t17-,18+/m0/s1. The zero-order valence-electron chi connectivity index (χ0n) is 19.6. The summed E-state index contributed by atoms with van der Waals surface area (Å²) in [5, 5.41) is 16.4. The molecule has 0 spiro atoms. The number of aromatic nitrogens is 3. The minimum Gasteiger partial charge on any atom is -0.365 e. The molecule has 0 radical (unpaired) electrons. The van der Waals surface area contributed by atoms with Crippen LogP contribution in [0.1, 0.15) is 47.3 Å². The number of nitrogens with one attached hydrogen (secondary N) is 3. The van der Waals surface area contributed by atoms with Gasteiger partial charge in [0.1, 0.15) is 17.6 Å². The number of hydrogen-bond donors (Lipinski definition) is 3. The summed E-state index contributed by atoms with van der Waals surface area (Å²) >= 11 is 0. The average Bonchev–Trinajstić information content (AvgIpc) is 3.29. The van der Waals surface area contributed by atoms with Gasteiger partial charge in [0.05, 0.1) is 16.8 Å². The van der Waals surface area contributed by atoms with Crippen LogP contribution in [0.3, 0.4) is 0 Å². The Labute approximate surface area is 206 Å². The van der Waals surface area contributed by atoms with Crippen LogP contribution in [-0.2, 0) is 0 Å². The number of H-pyrrole nitrogens is 1. The van der Waals surface area contributed by atoms with E-state index in [2.05, 4.69) is 25.6 Å². The van der Waals surface area contributed by atoms with Crippen LogP contribution in [0.2, 0.25) is 0 Å². The Kier molecular flexibility index (Phi) is 6.34. The van der Waals surface area contributed by atoms with Gasteiger partial charge in [0.15, 0.2) is 11.6 Å². The topological polar surface area (TPSA) is 106 Å². The van der Waals surface area contributed by atoms with Crippen molar-refractivity contribution in [3.05, 3.63) is 77.2 Å². The fraction of sp³-hybridized carbons (Fsp3) is 0.259. The highest BCUT2D eigenvalue weighted by Gasteiger charge is 2.26. The monoisotopic (exact) mass is 486 g/mol. The summed E-state index contributed by atoms with van der Waals surface area (Å²) in [7, 11) is 0. The van der Waals surface area contributed by atoms with Crippen molar-refractivity contribution in [2.75, 3.05) is 5.32 Å². The second-order valence-electron chi connectivity index (χ2n) is 9.09. The van der Waals surface area contributed by atoms with Crippen molar-refractivity contribution in [1.82, 2.24) is 20.3 Å². The molecule has 3 aromatic heterocycles. The van der Waals surface area contributed by atoms with Gasteiger partial charge >= 0.3 is 0 Å². The molecule has 0 saturated heterocycles. The number of aryl methyl sites for hydroxylation is 1. The zero-order chi connectivity index (χ0) is 25.2. The molecule has 1 aliphatic carbocycles. The molecule has 36 heavy (non-hydrogen) atoms. The lowest BCUT2D eigenvalue weighted by atomic mass is 9.90. The van der Waals surface area contributed by atoms with Crippen LogP contribution < -0.4 is 10.6 Å². The fourth-order valence-corrected chi connectivity index (χ4v) is 4.80. The van der Waals surface area contributed by atoms with Crippen molar-refractivity contribution in [3.8, 4) is 17.3 Å². The van der Waals surface area contributed by atoms with Gasteiger partial charge in [-0.2, -0.15) is 5.26 Å². The third kappa shape index (κ3) is 4.62. The molecule has 2 atom stereocenters. The summed E-state index contributed by atoms with van der Waals surface area (Å²) in [6.07, 6.45) is 6.18. The molecule has 1 saturated carbocycles. The minimum atomic E-state index is -0.642. The van der Waals surface area contributed by atoms with E-state index in [1.54, 1.807) is 43.6 Å². The Balaban J connectivity index is 1.39. The molecule has 3 heterocycles. The van der Waals surface area contributed by atoms with Gasteiger partial charge in [0, 0.05) is 35.4 Å². The van der Waals surface area contributed by atoms with E-state index in [-0.39, 0.29) is 35.1 Å². The maximum absolute atomic E-state index is 15.0. The molecule has 1 amide bonds. The largest absolute Gasteiger partial charge is 0.365 e. The molecule has 1 aromatic carbocycles. The minimum absolute atomic E-state index is 0.0215. The smallest absolute Gasteiger partial charge is 0.270 e. The van der Waals surface area contributed by atoms with Crippen LogP contribution in [0.4, 0.5) is 14.6 Å². The summed E-state index contributed by atoms with van der Waals surface area (Å²) in [4.78, 5) is 24.0. The lowest BCUT2D eigenvalue weighted by Crippen LogP contribution is -2.42. The highest BCUT2D eigenvalue weighted by atomic mass is 19.1. The SMILES string of the molecule is Cc1cc(F)c2[nH]cc(-c3nc(N[C@H]4CCC[C@@H](NC(=O)c5ccccn5)C4)c(F)cc3C#N)c2c1. The summed E-state index contributed by atoms with van der Waals surface area (Å²) in [5.41, 5.74) is 2.23. The molecule has 1 fully saturated rings. The van der Waals surface area contributed by atoms with Gasteiger partial charge in [-0.05, 0) is 68.5 Å². The lowest BCUT2D eigenvalue weighted by molar-refractivity contribution is 0.0921. The van der Waals surface area contributed by atoms with E-state index in [9.17, 15) is 18.8 Å². The first-order valence-electron chi connectivity index (χ1n) is 11.8. The van der Waals surface area contributed by atoms with E-state index in [0.29, 0.717) is 28.6 Å². The maximum atomic E-state index is 15.0. The molecule has 9 heteroatoms. The molecule has 3 N–H and O–H groups in total. The number of pyridine rings is 2. The van der Waals surface area contributed by atoms with Crippen molar-refractivity contribution < 1.29 is 13.6 Å². The van der Waals surface area contributed by atoms with Crippen molar-refractivity contribution in [3.63, 3.8) is 0 Å². The lowest BCUT2D eigenvalue weighted by Gasteiger charge is -2.30. The Morgan fingerprint density at radius 1 is 1.17 bits per heavy atom. The van der Waals surface area contributed by atoms with E-state index in [1.807, 2.05) is 6.07 Å². The Morgan fingerprint density at radius 3 is 2.78 bits per heavy atom. The average molecular weight is 487 g/mol. The summed E-state index contributed by atoms with van der Waals surface area (Å²) in [6, 6.07) is 11.3. The number of halogens is 2. The number of nitriles is 1. The van der Waals surface area contributed by atoms with Crippen LogP contribution in [0.5, 0.6) is 0 Å². The molecule has 0 aliphatic heterocycles. The Hall–Kier alpha value is -4.32. The predicted molar refractivity (Wildman–Crippen MR) is 132 cm³/mol. The number of fused-ring (bicyclic) bond motifs is 1. The van der Waals surface area contributed by atoms with Gasteiger partial charge in [-0.3, -0.25) is 9.78 Å². The predicted octanol–water partition coefficient (Wildman–Crippen LogP) is 5.24. The van der Waals surface area contributed by atoms with Gasteiger partial charge in [0.2, 0.25) is 0 Å². The first-order valence-corrected chi connectivity index (χ1v) is 11.8. The molecular formula is C27H24F2N6O. The molecule has 0 bridgehead atoms. The molecule has 0 unspecified atom stereocenters. The molecule has 7 nitrogen and oxygen atoms in total. The third-order valence-corrected chi connectivity index (χ3v) is 6.48. The van der Waals surface area contributed by atoms with Crippen LogP contribution >= 0.6 is 0 Å². The van der Waals surface area contributed by atoms with Gasteiger partial charge in [-0.25, -0.2) is 13.8 Å². The number of aromatic amines is 1.